The summed E-state index contributed by atoms with van der Waals surface area (Å²) in [5.74, 6) is 0. The molecule has 0 aliphatic carbocycles. The van der Waals surface area contributed by atoms with Crippen molar-refractivity contribution in [1.29, 1.82) is 0 Å². The summed E-state index contributed by atoms with van der Waals surface area (Å²) >= 11 is 0. The zero-order valence-electron chi connectivity index (χ0n) is 1.99. The van der Waals surface area contributed by atoms with Gasteiger partial charge in [0, 0.05) is 41.6 Å². The quantitative estimate of drug-likeness (QED) is 0.379. The molecule has 25 valence electrons. The Morgan fingerprint density at radius 3 is 1.00 bits per heavy atom. The standard InChI is InChI=1S/BH2Si.2Fe/c1-2;;/h2H2;;. The van der Waals surface area contributed by atoms with Crippen LogP contribution in [0.3, 0.4) is 0 Å². The molecule has 0 aromatic carbocycles. The SMILES string of the molecule is [B][SiH2].[Fe].[Fe]. The molecule has 0 bridgehead atoms. The fraction of sp³-hybridized carbons (Fsp3) is 0. The smallest absolute Gasteiger partial charge is 0.0410 e. The van der Waals surface area contributed by atoms with E-state index < -0.39 is 0 Å². The molecule has 0 amide bonds. The summed E-state index contributed by atoms with van der Waals surface area (Å²) in [5, 5.41) is 0. The van der Waals surface area contributed by atoms with Gasteiger partial charge >= 0.3 is 0 Å². The van der Waals surface area contributed by atoms with Crippen molar-refractivity contribution in [2.45, 2.75) is 0 Å². The van der Waals surface area contributed by atoms with Crippen molar-refractivity contribution < 1.29 is 34.1 Å². The van der Waals surface area contributed by atoms with Crippen LogP contribution >= 0.6 is 0 Å². The first-order valence-electron chi connectivity index (χ1n) is 0.408. The summed E-state index contributed by atoms with van der Waals surface area (Å²) in [4.78, 5) is 0. The second-order valence-corrected chi connectivity index (χ2v) is 0. The number of rotatable bonds is 0. The molecule has 0 aliphatic rings. The minimum atomic E-state index is 0. The van der Waals surface area contributed by atoms with Crippen molar-refractivity contribution in [3.63, 3.8) is 0 Å². The molecule has 0 atom stereocenters. The summed E-state index contributed by atoms with van der Waals surface area (Å²) in [6.07, 6.45) is 0. The minimum Gasteiger partial charge on any atom is -0.0410 e. The maximum absolute atomic E-state index is 4.53. The van der Waals surface area contributed by atoms with Crippen LogP contribution in [-0.4, -0.2) is 17.6 Å². The predicted molar refractivity (Wildman–Crippen MR) is 14.3 cm³/mol. The van der Waals surface area contributed by atoms with Crippen LogP contribution < -0.4 is 0 Å². The Morgan fingerprint density at radius 1 is 1.00 bits per heavy atom. The van der Waals surface area contributed by atoms with E-state index in [9.17, 15) is 0 Å². The van der Waals surface area contributed by atoms with E-state index in [1.54, 1.807) is 0 Å². The first kappa shape index (κ1) is 18.4. The first-order valence-corrected chi connectivity index (χ1v) is 1.22. The third-order valence-electron chi connectivity index (χ3n) is 0. The van der Waals surface area contributed by atoms with Crippen LogP contribution in [0.15, 0.2) is 0 Å². The molecular formula is H2BFe2Si. The van der Waals surface area contributed by atoms with Gasteiger partial charge in [0.05, 0.1) is 0 Å². The van der Waals surface area contributed by atoms with Gasteiger partial charge in [-0.25, -0.2) is 0 Å². The van der Waals surface area contributed by atoms with Crippen molar-refractivity contribution in [1.82, 2.24) is 0 Å². The van der Waals surface area contributed by atoms with Crippen LogP contribution in [0.1, 0.15) is 0 Å². The van der Waals surface area contributed by atoms with Crippen LogP contribution in [0.4, 0.5) is 0 Å². The van der Waals surface area contributed by atoms with E-state index in [0.29, 0.717) is 0 Å². The minimum absolute atomic E-state index is 0. The van der Waals surface area contributed by atoms with E-state index in [-0.39, 0.29) is 34.1 Å². The third-order valence-corrected chi connectivity index (χ3v) is 0. The van der Waals surface area contributed by atoms with E-state index in [0.717, 1.165) is 0 Å². The van der Waals surface area contributed by atoms with Crippen molar-refractivity contribution >= 4 is 17.6 Å². The van der Waals surface area contributed by atoms with Gasteiger partial charge in [0.2, 0.25) is 0 Å². The average molecular weight is 153 g/mol. The molecule has 0 unspecified atom stereocenters. The fourth-order valence-corrected chi connectivity index (χ4v) is 0. The molecule has 0 aromatic rings. The van der Waals surface area contributed by atoms with Crippen molar-refractivity contribution in [2.75, 3.05) is 0 Å². The summed E-state index contributed by atoms with van der Waals surface area (Å²) in [5.41, 5.74) is 0. The maximum atomic E-state index is 4.53. The largest absolute Gasteiger partial charge is 0.0436 e. The fourth-order valence-electron chi connectivity index (χ4n) is 0. The Balaban J connectivity index is -0.00000000500. The zero-order valence-corrected chi connectivity index (χ0v) is 5.61. The van der Waals surface area contributed by atoms with E-state index in [2.05, 4.69) is 7.44 Å². The molecule has 0 rings (SSSR count). The van der Waals surface area contributed by atoms with Gasteiger partial charge in [-0.3, -0.25) is 0 Å². The Hall–Kier alpha value is 1.32. The normalized spacial score (nSPS) is 1.25. The van der Waals surface area contributed by atoms with Gasteiger partial charge in [-0.05, 0) is 10.1 Å². The third kappa shape index (κ3) is 10.3. The van der Waals surface area contributed by atoms with Crippen LogP contribution in [0.2, 0.25) is 0 Å². The average Bonchev–Trinajstić information content (AvgIpc) is 1.00. The van der Waals surface area contributed by atoms with Gasteiger partial charge in [-0.1, -0.05) is 0 Å². The van der Waals surface area contributed by atoms with E-state index in [4.69, 9.17) is 0 Å². The molecule has 0 heterocycles. The maximum Gasteiger partial charge on any atom is 0.0436 e. The number of hydrogen-bond donors (Lipinski definition) is 0. The first-order chi connectivity index (χ1) is 1.00. The molecule has 3 radical (unpaired) electrons. The molecule has 0 N–H and O–H groups in total. The Kier molecular flexibility index (Phi) is 126. The summed E-state index contributed by atoms with van der Waals surface area (Å²) in [6, 6.07) is 0. The molecule has 0 aromatic heterocycles. The molecule has 4 heavy (non-hydrogen) atoms. The molecule has 0 saturated heterocycles. The molecule has 0 aliphatic heterocycles. The zero-order chi connectivity index (χ0) is 2.00. The molecule has 0 fully saturated rings. The van der Waals surface area contributed by atoms with Gasteiger partial charge in [-0.15, -0.1) is 0 Å². The molecular weight excluding hydrogens is 151 g/mol. The predicted octanol–water partition coefficient (Wildman–Crippen LogP) is -1.30. The van der Waals surface area contributed by atoms with Crippen molar-refractivity contribution in [2.24, 2.45) is 0 Å². The topological polar surface area (TPSA) is 0 Å². The van der Waals surface area contributed by atoms with Gasteiger partial charge in [0.1, 0.15) is 0 Å². The molecule has 0 saturated carbocycles. The Labute approximate surface area is 51.8 Å². The van der Waals surface area contributed by atoms with Gasteiger partial charge in [0.15, 0.2) is 0 Å². The molecule has 0 spiro atoms. The summed E-state index contributed by atoms with van der Waals surface area (Å²) in [7, 11) is 5.89. The monoisotopic (exact) mass is 153 g/mol. The Bertz CT molecular complexity index is 6.00. The van der Waals surface area contributed by atoms with Crippen molar-refractivity contribution in [3.05, 3.63) is 0 Å². The summed E-state index contributed by atoms with van der Waals surface area (Å²) in [6.45, 7) is 0. The van der Waals surface area contributed by atoms with E-state index in [1.807, 2.05) is 0 Å². The van der Waals surface area contributed by atoms with Crippen LogP contribution in [-0.2, 0) is 34.1 Å². The second-order valence-electron chi connectivity index (χ2n) is 0. The van der Waals surface area contributed by atoms with Gasteiger partial charge < -0.3 is 0 Å². The van der Waals surface area contributed by atoms with Gasteiger partial charge in [-0.2, -0.15) is 0 Å². The molecule has 4 heteroatoms. The van der Waals surface area contributed by atoms with Crippen molar-refractivity contribution in [3.8, 4) is 0 Å². The van der Waals surface area contributed by atoms with Gasteiger partial charge in [0.25, 0.3) is 0 Å². The van der Waals surface area contributed by atoms with Crippen LogP contribution in [0, 0.1) is 0 Å². The Morgan fingerprint density at radius 2 is 1.00 bits per heavy atom. The second kappa shape index (κ2) is 27.3. The van der Waals surface area contributed by atoms with Crippen LogP contribution in [0.5, 0.6) is 0 Å². The number of hydrogen-bond acceptors (Lipinski definition) is 0. The van der Waals surface area contributed by atoms with Crippen LogP contribution in [0.25, 0.3) is 0 Å². The van der Waals surface area contributed by atoms with E-state index >= 15 is 0 Å². The van der Waals surface area contributed by atoms with E-state index in [1.165, 1.54) is 10.1 Å². The summed E-state index contributed by atoms with van der Waals surface area (Å²) < 4.78 is 0. The molecule has 0 nitrogen and oxygen atoms in total.